The topological polar surface area (TPSA) is 89.7 Å². The highest BCUT2D eigenvalue weighted by Crippen LogP contribution is 2.32. The highest BCUT2D eigenvalue weighted by atomic mass is 16.6. The van der Waals surface area contributed by atoms with Gasteiger partial charge in [0.1, 0.15) is 0 Å². The summed E-state index contributed by atoms with van der Waals surface area (Å²) in [6.07, 6.45) is 5.40. The Balaban J connectivity index is 1.94. The number of allylic oxidation sites excluding steroid dienone is 2. The largest absolute Gasteiger partial charge is 0.504 e. The molecule has 27 heavy (non-hydrogen) atoms. The van der Waals surface area contributed by atoms with Crippen LogP contribution >= 0.6 is 0 Å². The van der Waals surface area contributed by atoms with Gasteiger partial charge in [-0.2, -0.15) is 0 Å². The van der Waals surface area contributed by atoms with Crippen LogP contribution in [0.15, 0.2) is 53.6 Å². The zero-order chi connectivity index (χ0) is 19.4. The first-order chi connectivity index (χ1) is 13.0. The van der Waals surface area contributed by atoms with Crippen LogP contribution in [-0.2, 0) is 4.79 Å². The summed E-state index contributed by atoms with van der Waals surface area (Å²) >= 11 is 0. The van der Waals surface area contributed by atoms with E-state index in [0.29, 0.717) is 35.3 Å². The van der Waals surface area contributed by atoms with Crippen LogP contribution in [0.1, 0.15) is 30.4 Å². The molecule has 2 aromatic rings. The number of ether oxygens (including phenoxy) is 1. The summed E-state index contributed by atoms with van der Waals surface area (Å²) in [6.45, 7) is 0. The first-order valence-electron chi connectivity index (χ1n) is 8.56. The second-order valence-electron chi connectivity index (χ2n) is 6.27. The number of Topliss-reactive ketones (excluding diaryl/α,β-unsaturated/α-hetero) is 1. The monoisotopic (exact) mass is 365 g/mol. The minimum atomic E-state index is -0.445. The maximum absolute atomic E-state index is 12.8. The summed E-state index contributed by atoms with van der Waals surface area (Å²) < 4.78 is 5.10. The zero-order valence-corrected chi connectivity index (χ0v) is 14.8. The number of hydrogen-bond acceptors (Lipinski definition) is 5. The highest BCUT2D eigenvalue weighted by molar-refractivity contribution is 6.14. The lowest BCUT2D eigenvalue weighted by Crippen LogP contribution is -2.12. The number of hydrogen-bond donors (Lipinski definition) is 1. The molecular formula is C21H19NO5. The third-order valence-electron chi connectivity index (χ3n) is 4.48. The van der Waals surface area contributed by atoms with Crippen molar-refractivity contribution >= 4 is 23.6 Å². The molecule has 3 rings (SSSR count). The van der Waals surface area contributed by atoms with E-state index in [-0.39, 0.29) is 17.2 Å². The van der Waals surface area contributed by atoms with Crippen molar-refractivity contribution in [2.45, 2.75) is 19.3 Å². The molecule has 0 saturated heterocycles. The van der Waals surface area contributed by atoms with Crippen LogP contribution in [0.3, 0.4) is 0 Å². The van der Waals surface area contributed by atoms with Gasteiger partial charge in [-0.3, -0.25) is 14.9 Å². The van der Waals surface area contributed by atoms with Gasteiger partial charge in [0, 0.05) is 17.2 Å². The van der Waals surface area contributed by atoms with Gasteiger partial charge in [0.15, 0.2) is 17.3 Å². The molecule has 0 aliphatic heterocycles. The van der Waals surface area contributed by atoms with Crippen LogP contribution in [-0.4, -0.2) is 22.9 Å². The standard InChI is InChI=1S/C21H19NO5/c1-27-20-12-14(9-10-19(20)23)11-16-6-4-7-17(21(16)24)13-15-5-2-3-8-18(15)22(25)26/h2-3,5,8-13,23H,4,6-7H2,1H3/b16-11+,17-13+. The number of nitro groups is 1. The van der Waals surface area contributed by atoms with Crippen molar-refractivity contribution < 1.29 is 19.6 Å². The van der Waals surface area contributed by atoms with Gasteiger partial charge in [-0.15, -0.1) is 0 Å². The van der Waals surface area contributed by atoms with Crippen LogP contribution in [0.2, 0.25) is 0 Å². The molecule has 1 aliphatic carbocycles. The van der Waals surface area contributed by atoms with Crippen molar-refractivity contribution in [2.24, 2.45) is 0 Å². The Morgan fingerprint density at radius 1 is 1.11 bits per heavy atom. The van der Waals surface area contributed by atoms with Gasteiger partial charge in [-0.05, 0) is 55.2 Å². The van der Waals surface area contributed by atoms with E-state index in [2.05, 4.69) is 0 Å². The average Bonchev–Trinajstić information content (AvgIpc) is 2.66. The number of para-hydroxylation sites is 1. The number of methoxy groups -OCH3 is 1. The number of rotatable bonds is 4. The normalized spacial score (nSPS) is 17.3. The Labute approximate surface area is 156 Å². The zero-order valence-electron chi connectivity index (χ0n) is 14.8. The lowest BCUT2D eigenvalue weighted by Gasteiger charge is -2.17. The Morgan fingerprint density at radius 3 is 2.52 bits per heavy atom. The molecule has 2 aromatic carbocycles. The van der Waals surface area contributed by atoms with Gasteiger partial charge >= 0.3 is 0 Å². The lowest BCUT2D eigenvalue weighted by molar-refractivity contribution is -0.385. The van der Waals surface area contributed by atoms with Gasteiger partial charge in [-0.25, -0.2) is 0 Å². The molecule has 1 N–H and O–H groups in total. The van der Waals surface area contributed by atoms with Gasteiger partial charge in [-0.1, -0.05) is 18.2 Å². The van der Waals surface area contributed by atoms with Crippen LogP contribution in [0, 0.1) is 10.1 Å². The predicted octanol–water partition coefficient (Wildman–Crippen LogP) is 4.53. The summed E-state index contributed by atoms with van der Waals surface area (Å²) in [7, 11) is 1.46. The van der Waals surface area contributed by atoms with Crippen molar-refractivity contribution in [2.75, 3.05) is 7.11 Å². The van der Waals surface area contributed by atoms with Crippen LogP contribution in [0.25, 0.3) is 12.2 Å². The number of nitrogens with zero attached hydrogens (tertiary/aromatic N) is 1. The van der Waals surface area contributed by atoms with Gasteiger partial charge < -0.3 is 9.84 Å². The van der Waals surface area contributed by atoms with Crippen LogP contribution < -0.4 is 4.74 Å². The second kappa shape index (κ2) is 7.86. The number of phenolic OH excluding ortho intramolecular Hbond substituents is 1. The molecule has 1 fully saturated rings. The average molecular weight is 365 g/mol. The van der Waals surface area contributed by atoms with E-state index in [1.165, 1.54) is 19.2 Å². The Morgan fingerprint density at radius 2 is 1.81 bits per heavy atom. The van der Waals surface area contributed by atoms with Crippen molar-refractivity contribution in [1.82, 2.24) is 0 Å². The Kier molecular flexibility index (Phi) is 5.35. The summed E-state index contributed by atoms with van der Waals surface area (Å²) in [5.41, 5.74) is 2.36. The quantitative estimate of drug-likeness (QED) is 0.488. The number of ketones is 1. The van der Waals surface area contributed by atoms with E-state index < -0.39 is 4.92 Å². The highest BCUT2D eigenvalue weighted by Gasteiger charge is 2.22. The molecular weight excluding hydrogens is 346 g/mol. The van der Waals surface area contributed by atoms with Gasteiger partial charge in [0.2, 0.25) is 0 Å². The molecule has 6 nitrogen and oxygen atoms in total. The van der Waals surface area contributed by atoms with E-state index in [4.69, 9.17) is 4.74 Å². The molecule has 0 atom stereocenters. The maximum Gasteiger partial charge on any atom is 0.276 e. The van der Waals surface area contributed by atoms with Crippen LogP contribution in [0.5, 0.6) is 11.5 Å². The molecule has 1 saturated carbocycles. The minimum Gasteiger partial charge on any atom is -0.504 e. The lowest BCUT2D eigenvalue weighted by atomic mass is 9.86. The smallest absolute Gasteiger partial charge is 0.276 e. The molecule has 0 unspecified atom stereocenters. The van der Waals surface area contributed by atoms with E-state index in [0.717, 1.165) is 12.0 Å². The third-order valence-corrected chi connectivity index (χ3v) is 4.48. The van der Waals surface area contributed by atoms with E-state index in [1.54, 1.807) is 42.5 Å². The van der Waals surface area contributed by atoms with Crippen molar-refractivity contribution in [1.29, 1.82) is 0 Å². The maximum atomic E-state index is 12.8. The molecule has 6 heteroatoms. The number of carbonyl (C=O) groups is 1. The fourth-order valence-electron chi connectivity index (χ4n) is 3.13. The number of benzene rings is 2. The molecule has 1 aliphatic rings. The molecule has 0 bridgehead atoms. The third kappa shape index (κ3) is 4.06. The number of aromatic hydroxyl groups is 1. The molecule has 0 radical (unpaired) electrons. The molecule has 0 amide bonds. The van der Waals surface area contributed by atoms with Gasteiger partial charge in [0.05, 0.1) is 17.6 Å². The fraction of sp³-hybridized carbons (Fsp3) is 0.190. The van der Waals surface area contributed by atoms with Gasteiger partial charge in [0.25, 0.3) is 5.69 Å². The molecule has 0 heterocycles. The minimum absolute atomic E-state index is 0.0165. The molecule has 0 aromatic heterocycles. The van der Waals surface area contributed by atoms with Crippen molar-refractivity contribution in [3.05, 3.63) is 74.9 Å². The Bertz CT molecular complexity index is 959. The van der Waals surface area contributed by atoms with Crippen molar-refractivity contribution in [3.63, 3.8) is 0 Å². The fourth-order valence-corrected chi connectivity index (χ4v) is 3.13. The molecule has 138 valence electrons. The number of nitro benzene ring substituents is 1. The van der Waals surface area contributed by atoms with E-state index in [9.17, 15) is 20.0 Å². The predicted molar refractivity (Wildman–Crippen MR) is 103 cm³/mol. The summed E-state index contributed by atoms with van der Waals surface area (Å²) in [4.78, 5) is 23.6. The summed E-state index contributed by atoms with van der Waals surface area (Å²) in [5.74, 6) is 0.265. The SMILES string of the molecule is COc1cc(/C=C2\CCC/C(=C\c3ccccc3[N+](=O)[O-])C2=O)ccc1O. The van der Waals surface area contributed by atoms with Crippen molar-refractivity contribution in [3.8, 4) is 11.5 Å². The number of phenols is 1. The Hall–Kier alpha value is -3.41. The van der Waals surface area contributed by atoms with Crippen LogP contribution in [0.4, 0.5) is 5.69 Å². The number of carbonyl (C=O) groups excluding carboxylic acids is 1. The first-order valence-corrected chi connectivity index (χ1v) is 8.56. The summed E-state index contributed by atoms with van der Waals surface area (Å²) in [6, 6.07) is 11.3. The summed E-state index contributed by atoms with van der Waals surface area (Å²) in [5, 5.41) is 20.9. The van der Waals surface area contributed by atoms with E-state index in [1.807, 2.05) is 0 Å². The molecule has 0 spiro atoms. The second-order valence-corrected chi connectivity index (χ2v) is 6.27. The first kappa shape index (κ1) is 18.4. The van der Waals surface area contributed by atoms with E-state index >= 15 is 0 Å².